The maximum absolute atomic E-state index is 13.0. The number of benzene rings is 3. The highest BCUT2D eigenvalue weighted by Gasteiger charge is 2.35. The SMILES string of the molecule is N#Cc1ccccc1-c1ccc(C[C@H](NC(=O)[C@@H]2CCCN2C(=O)Cc2ccccc2)C(=O)O)cc1. The molecule has 182 valence electrons. The fourth-order valence-electron chi connectivity index (χ4n) is 4.57. The Hall–Kier alpha value is -4.44. The van der Waals surface area contributed by atoms with Crippen LogP contribution in [0.1, 0.15) is 29.5 Å². The zero-order valence-electron chi connectivity index (χ0n) is 19.8. The quantitative estimate of drug-likeness (QED) is 0.511. The maximum Gasteiger partial charge on any atom is 0.326 e. The molecule has 36 heavy (non-hydrogen) atoms. The summed E-state index contributed by atoms with van der Waals surface area (Å²) in [6.45, 7) is 0.479. The Kier molecular flexibility index (Phi) is 7.76. The number of hydrogen-bond donors (Lipinski definition) is 2. The minimum absolute atomic E-state index is 0.103. The largest absolute Gasteiger partial charge is 0.480 e. The average Bonchev–Trinajstić information content (AvgIpc) is 3.40. The summed E-state index contributed by atoms with van der Waals surface area (Å²) in [6.07, 6.45) is 1.51. The monoisotopic (exact) mass is 481 g/mol. The summed E-state index contributed by atoms with van der Waals surface area (Å²) in [5.74, 6) is -1.72. The number of carbonyl (C=O) groups is 3. The predicted octanol–water partition coefficient (Wildman–Crippen LogP) is 3.57. The standard InChI is InChI=1S/C29H27N3O4/c30-19-23-9-4-5-10-24(23)22-14-12-21(13-15-22)17-25(29(35)36)31-28(34)26-11-6-16-32(26)27(33)18-20-7-2-1-3-8-20/h1-5,7-10,12-15,25-26H,6,11,16-18H2,(H,31,34)(H,35,36)/t25-,26-/m0/s1. The van der Waals surface area contributed by atoms with E-state index in [1.165, 1.54) is 0 Å². The second-order valence-electron chi connectivity index (χ2n) is 8.87. The van der Waals surface area contributed by atoms with Crippen LogP contribution < -0.4 is 5.32 Å². The van der Waals surface area contributed by atoms with Gasteiger partial charge in [-0.2, -0.15) is 5.26 Å². The summed E-state index contributed by atoms with van der Waals surface area (Å²) in [7, 11) is 0. The molecule has 0 aliphatic carbocycles. The second kappa shape index (κ2) is 11.3. The van der Waals surface area contributed by atoms with E-state index in [1.807, 2.05) is 54.6 Å². The number of nitriles is 1. The van der Waals surface area contributed by atoms with Crippen molar-refractivity contribution in [1.82, 2.24) is 10.2 Å². The van der Waals surface area contributed by atoms with Crippen molar-refractivity contribution in [3.63, 3.8) is 0 Å². The van der Waals surface area contributed by atoms with Crippen LogP contribution >= 0.6 is 0 Å². The molecule has 0 radical (unpaired) electrons. The number of aliphatic carboxylic acids is 1. The number of rotatable bonds is 8. The van der Waals surface area contributed by atoms with Crippen molar-refractivity contribution in [1.29, 1.82) is 5.26 Å². The molecule has 0 aromatic heterocycles. The van der Waals surface area contributed by atoms with Crippen LogP contribution in [0.2, 0.25) is 0 Å². The molecule has 0 bridgehead atoms. The van der Waals surface area contributed by atoms with Crippen molar-refractivity contribution in [3.05, 3.63) is 95.6 Å². The normalized spacial score (nSPS) is 15.6. The lowest BCUT2D eigenvalue weighted by Crippen LogP contribution is -2.51. The van der Waals surface area contributed by atoms with Gasteiger partial charge in [0.2, 0.25) is 11.8 Å². The minimum atomic E-state index is -1.14. The van der Waals surface area contributed by atoms with Crippen LogP contribution in [-0.2, 0) is 27.2 Å². The Labute approximate surface area is 210 Å². The molecular formula is C29H27N3O4. The first kappa shape index (κ1) is 24.7. The molecule has 0 saturated carbocycles. The van der Waals surface area contributed by atoms with E-state index in [4.69, 9.17) is 0 Å². The van der Waals surface area contributed by atoms with Crippen molar-refractivity contribution in [2.24, 2.45) is 0 Å². The van der Waals surface area contributed by atoms with Gasteiger partial charge in [0.25, 0.3) is 0 Å². The summed E-state index contributed by atoms with van der Waals surface area (Å²) in [5.41, 5.74) is 3.83. The molecule has 2 N–H and O–H groups in total. The second-order valence-corrected chi connectivity index (χ2v) is 8.87. The lowest BCUT2D eigenvalue weighted by Gasteiger charge is -2.25. The molecule has 0 unspecified atom stereocenters. The highest BCUT2D eigenvalue weighted by Crippen LogP contribution is 2.24. The number of carboxylic acid groups (broad SMARTS) is 1. The highest BCUT2D eigenvalue weighted by atomic mass is 16.4. The van der Waals surface area contributed by atoms with Gasteiger partial charge in [0.1, 0.15) is 12.1 Å². The number of amides is 2. The van der Waals surface area contributed by atoms with E-state index in [0.717, 1.165) is 22.3 Å². The molecular weight excluding hydrogens is 454 g/mol. The molecule has 2 atom stereocenters. The summed E-state index contributed by atoms with van der Waals surface area (Å²) in [4.78, 5) is 39.4. The number of hydrogen-bond acceptors (Lipinski definition) is 4. The van der Waals surface area contributed by atoms with Gasteiger partial charge >= 0.3 is 5.97 Å². The van der Waals surface area contributed by atoms with Gasteiger partial charge in [-0.3, -0.25) is 9.59 Å². The number of nitrogens with one attached hydrogen (secondary N) is 1. The van der Waals surface area contributed by atoms with Gasteiger partial charge in [0.05, 0.1) is 18.1 Å². The fourth-order valence-corrected chi connectivity index (χ4v) is 4.57. The minimum Gasteiger partial charge on any atom is -0.480 e. The van der Waals surface area contributed by atoms with Gasteiger partial charge in [0, 0.05) is 13.0 Å². The van der Waals surface area contributed by atoms with Crippen LogP contribution in [0.25, 0.3) is 11.1 Å². The molecule has 1 aliphatic rings. The van der Waals surface area contributed by atoms with Crippen LogP contribution in [-0.4, -0.2) is 46.4 Å². The Morgan fingerprint density at radius 1 is 0.972 bits per heavy atom. The number of carboxylic acids is 1. The first-order valence-corrected chi connectivity index (χ1v) is 11.9. The van der Waals surface area contributed by atoms with E-state index in [-0.39, 0.29) is 18.7 Å². The molecule has 3 aromatic carbocycles. The van der Waals surface area contributed by atoms with Crippen molar-refractivity contribution < 1.29 is 19.5 Å². The molecule has 1 fully saturated rings. The van der Waals surface area contributed by atoms with Crippen LogP contribution in [0.5, 0.6) is 0 Å². The van der Waals surface area contributed by atoms with Crippen molar-refractivity contribution in [2.45, 2.75) is 37.8 Å². The van der Waals surface area contributed by atoms with Gasteiger partial charge in [-0.1, -0.05) is 72.8 Å². The van der Waals surface area contributed by atoms with E-state index in [0.29, 0.717) is 24.9 Å². The van der Waals surface area contributed by atoms with Gasteiger partial charge in [-0.05, 0) is 41.2 Å². The summed E-state index contributed by atoms with van der Waals surface area (Å²) in [5, 5.41) is 21.7. The first-order chi connectivity index (χ1) is 17.5. The van der Waals surface area contributed by atoms with E-state index in [1.54, 1.807) is 29.2 Å². The molecule has 2 amide bonds. The molecule has 7 nitrogen and oxygen atoms in total. The van der Waals surface area contributed by atoms with Crippen molar-refractivity contribution in [2.75, 3.05) is 6.54 Å². The van der Waals surface area contributed by atoms with E-state index >= 15 is 0 Å². The number of carbonyl (C=O) groups excluding carboxylic acids is 2. The van der Waals surface area contributed by atoms with Crippen LogP contribution in [0, 0.1) is 11.3 Å². The fraction of sp³-hybridized carbons (Fsp3) is 0.241. The summed E-state index contributed by atoms with van der Waals surface area (Å²) in [6, 6.07) is 24.3. The lowest BCUT2D eigenvalue weighted by molar-refractivity contribution is -0.143. The Morgan fingerprint density at radius 2 is 1.67 bits per heavy atom. The molecule has 4 rings (SSSR count). The Bertz CT molecular complexity index is 1280. The molecule has 0 spiro atoms. The highest BCUT2D eigenvalue weighted by molar-refractivity contribution is 5.91. The summed E-state index contributed by atoms with van der Waals surface area (Å²) < 4.78 is 0. The third kappa shape index (κ3) is 5.78. The van der Waals surface area contributed by atoms with Crippen LogP contribution in [0.4, 0.5) is 0 Å². The number of nitrogens with zero attached hydrogens (tertiary/aromatic N) is 2. The van der Waals surface area contributed by atoms with Gasteiger partial charge in [-0.25, -0.2) is 4.79 Å². The van der Waals surface area contributed by atoms with Crippen molar-refractivity contribution in [3.8, 4) is 17.2 Å². The first-order valence-electron chi connectivity index (χ1n) is 11.9. The van der Waals surface area contributed by atoms with E-state index in [9.17, 15) is 24.8 Å². The lowest BCUT2D eigenvalue weighted by atomic mass is 9.97. The Morgan fingerprint density at radius 3 is 2.36 bits per heavy atom. The predicted molar refractivity (Wildman–Crippen MR) is 135 cm³/mol. The zero-order chi connectivity index (χ0) is 25.5. The topological polar surface area (TPSA) is 111 Å². The molecule has 1 aliphatic heterocycles. The van der Waals surface area contributed by atoms with E-state index in [2.05, 4.69) is 11.4 Å². The maximum atomic E-state index is 13.0. The zero-order valence-corrected chi connectivity index (χ0v) is 19.8. The van der Waals surface area contributed by atoms with Crippen molar-refractivity contribution >= 4 is 17.8 Å². The smallest absolute Gasteiger partial charge is 0.326 e. The third-order valence-electron chi connectivity index (χ3n) is 6.44. The molecule has 1 heterocycles. The average molecular weight is 482 g/mol. The van der Waals surface area contributed by atoms with Gasteiger partial charge in [0.15, 0.2) is 0 Å². The molecule has 1 saturated heterocycles. The van der Waals surface area contributed by atoms with Crippen LogP contribution in [0.15, 0.2) is 78.9 Å². The summed E-state index contributed by atoms with van der Waals surface area (Å²) >= 11 is 0. The Balaban J connectivity index is 1.41. The molecule has 3 aromatic rings. The van der Waals surface area contributed by atoms with Gasteiger partial charge in [-0.15, -0.1) is 0 Å². The van der Waals surface area contributed by atoms with Gasteiger partial charge < -0.3 is 15.3 Å². The molecule has 7 heteroatoms. The number of likely N-dealkylation sites (tertiary alicyclic amines) is 1. The third-order valence-corrected chi connectivity index (χ3v) is 6.44. The van der Waals surface area contributed by atoms with Crippen LogP contribution in [0.3, 0.4) is 0 Å². The van der Waals surface area contributed by atoms with E-state index < -0.39 is 24.0 Å².